The number of carboxylic acid groups (broad SMARTS) is 1. The van der Waals surface area contributed by atoms with Crippen molar-refractivity contribution < 1.29 is 9.90 Å². The van der Waals surface area contributed by atoms with Gasteiger partial charge in [-0.25, -0.2) is 0 Å². The maximum absolute atomic E-state index is 10.4. The molecule has 0 aliphatic carbocycles. The normalized spacial score (nSPS) is 12.5. The molecule has 0 amide bonds. The number of anilines is 1. The maximum Gasteiger partial charge on any atom is 0.325 e. The van der Waals surface area contributed by atoms with Crippen LogP contribution in [-0.4, -0.2) is 17.1 Å². The number of halogens is 1. The zero-order chi connectivity index (χ0) is 9.14. The number of hydrogen-bond donors (Lipinski definition) is 2. The Labute approximate surface area is 82.5 Å². The fourth-order valence-electron chi connectivity index (χ4n) is 0.667. The Kier molecular flexibility index (Phi) is 3.11. The third-order valence-corrected chi connectivity index (χ3v) is 2.86. The van der Waals surface area contributed by atoms with E-state index in [0.717, 1.165) is 8.79 Å². The number of thiophene rings is 1. The summed E-state index contributed by atoms with van der Waals surface area (Å²) in [5, 5.41) is 12.3. The number of rotatable bonds is 3. The van der Waals surface area contributed by atoms with E-state index in [-0.39, 0.29) is 0 Å². The van der Waals surface area contributed by atoms with Crippen molar-refractivity contribution in [3.05, 3.63) is 15.9 Å². The quantitative estimate of drug-likeness (QED) is 0.865. The third kappa shape index (κ3) is 2.49. The van der Waals surface area contributed by atoms with Crippen molar-refractivity contribution in [1.29, 1.82) is 0 Å². The lowest BCUT2D eigenvalue weighted by molar-refractivity contribution is -0.137. The molecular formula is C7H8BrNO2S. The molecule has 1 rings (SSSR count). The Bertz CT molecular complexity index is 287. The van der Waals surface area contributed by atoms with Gasteiger partial charge in [-0.1, -0.05) is 0 Å². The van der Waals surface area contributed by atoms with Crippen LogP contribution in [0.2, 0.25) is 0 Å². The molecule has 1 heterocycles. The van der Waals surface area contributed by atoms with Crippen molar-refractivity contribution >= 4 is 38.2 Å². The number of carbonyl (C=O) groups is 1. The predicted octanol–water partition coefficient (Wildman–Crippen LogP) is 2.40. The summed E-state index contributed by atoms with van der Waals surface area (Å²) in [4.78, 5) is 10.4. The number of carboxylic acids is 1. The second-order valence-electron chi connectivity index (χ2n) is 2.31. The largest absolute Gasteiger partial charge is 0.480 e. The summed E-state index contributed by atoms with van der Waals surface area (Å²) in [6.45, 7) is 1.61. The van der Waals surface area contributed by atoms with Crippen LogP contribution < -0.4 is 5.32 Å². The Morgan fingerprint density at radius 2 is 2.42 bits per heavy atom. The van der Waals surface area contributed by atoms with Gasteiger partial charge < -0.3 is 10.4 Å². The third-order valence-electron chi connectivity index (χ3n) is 1.30. The monoisotopic (exact) mass is 249 g/mol. The molecule has 0 aromatic carbocycles. The molecule has 0 bridgehead atoms. The standard InChI is InChI=1S/C7H8BrNO2S/c1-4(7(10)11)9-6-3-2-5(8)12-6/h2-4,9H,1H3,(H,10,11)/t4-/m1/s1. The zero-order valence-electron chi connectivity index (χ0n) is 6.37. The van der Waals surface area contributed by atoms with Gasteiger partial charge in [0.05, 0.1) is 8.79 Å². The minimum Gasteiger partial charge on any atom is -0.480 e. The van der Waals surface area contributed by atoms with Crippen LogP contribution in [0.3, 0.4) is 0 Å². The van der Waals surface area contributed by atoms with E-state index in [1.807, 2.05) is 12.1 Å². The van der Waals surface area contributed by atoms with Crippen LogP contribution in [0, 0.1) is 0 Å². The van der Waals surface area contributed by atoms with Crippen LogP contribution in [-0.2, 0) is 4.79 Å². The van der Waals surface area contributed by atoms with Crippen molar-refractivity contribution in [2.75, 3.05) is 5.32 Å². The zero-order valence-corrected chi connectivity index (χ0v) is 8.78. The van der Waals surface area contributed by atoms with E-state index in [1.165, 1.54) is 11.3 Å². The molecule has 0 spiro atoms. The fourth-order valence-corrected chi connectivity index (χ4v) is 2.04. The molecule has 66 valence electrons. The molecule has 1 atom stereocenters. The van der Waals surface area contributed by atoms with Crippen LogP contribution in [0.25, 0.3) is 0 Å². The fraction of sp³-hybridized carbons (Fsp3) is 0.286. The van der Waals surface area contributed by atoms with Crippen molar-refractivity contribution in [3.63, 3.8) is 0 Å². The van der Waals surface area contributed by atoms with Crippen molar-refractivity contribution in [1.82, 2.24) is 0 Å². The van der Waals surface area contributed by atoms with Gasteiger partial charge in [-0.3, -0.25) is 4.79 Å². The van der Waals surface area contributed by atoms with E-state index < -0.39 is 12.0 Å². The van der Waals surface area contributed by atoms with Gasteiger partial charge in [0.1, 0.15) is 6.04 Å². The van der Waals surface area contributed by atoms with Crippen LogP contribution in [0.1, 0.15) is 6.92 Å². The van der Waals surface area contributed by atoms with Gasteiger partial charge in [0, 0.05) is 0 Å². The molecule has 1 aromatic rings. The summed E-state index contributed by atoms with van der Waals surface area (Å²) in [7, 11) is 0. The average Bonchev–Trinajstić information content (AvgIpc) is 2.35. The van der Waals surface area contributed by atoms with Crippen molar-refractivity contribution in [3.8, 4) is 0 Å². The molecule has 5 heteroatoms. The van der Waals surface area contributed by atoms with Crippen molar-refractivity contribution in [2.24, 2.45) is 0 Å². The molecule has 0 aliphatic heterocycles. The molecule has 1 aromatic heterocycles. The second kappa shape index (κ2) is 3.91. The lowest BCUT2D eigenvalue weighted by Gasteiger charge is -2.06. The molecule has 0 unspecified atom stereocenters. The highest BCUT2D eigenvalue weighted by Crippen LogP contribution is 2.26. The second-order valence-corrected chi connectivity index (χ2v) is 4.77. The Morgan fingerprint density at radius 1 is 1.75 bits per heavy atom. The molecule has 3 nitrogen and oxygen atoms in total. The Morgan fingerprint density at radius 3 is 2.83 bits per heavy atom. The first-order valence-corrected chi connectivity index (χ1v) is 4.95. The summed E-state index contributed by atoms with van der Waals surface area (Å²) < 4.78 is 0.989. The molecular weight excluding hydrogens is 242 g/mol. The summed E-state index contributed by atoms with van der Waals surface area (Å²) in [5.41, 5.74) is 0. The predicted molar refractivity (Wildman–Crippen MR) is 52.7 cm³/mol. The molecule has 0 fully saturated rings. The first kappa shape index (κ1) is 9.54. The summed E-state index contributed by atoms with van der Waals surface area (Å²) in [6, 6.07) is 3.17. The molecule has 2 N–H and O–H groups in total. The summed E-state index contributed by atoms with van der Waals surface area (Å²) in [6.07, 6.45) is 0. The van der Waals surface area contributed by atoms with Gasteiger partial charge in [-0.15, -0.1) is 11.3 Å². The lowest BCUT2D eigenvalue weighted by atomic mass is 10.3. The SMILES string of the molecule is C[C@@H](Nc1ccc(Br)s1)C(=O)O. The van der Waals surface area contributed by atoms with Gasteiger partial charge in [0.15, 0.2) is 0 Å². The van der Waals surface area contributed by atoms with E-state index in [9.17, 15) is 4.79 Å². The lowest BCUT2D eigenvalue weighted by Crippen LogP contribution is -2.24. The van der Waals surface area contributed by atoms with Gasteiger partial charge in [0.2, 0.25) is 0 Å². The first-order valence-electron chi connectivity index (χ1n) is 3.34. The number of nitrogens with one attached hydrogen (secondary N) is 1. The van der Waals surface area contributed by atoms with Gasteiger partial charge in [-0.2, -0.15) is 0 Å². The Hall–Kier alpha value is -0.550. The Balaban J connectivity index is 2.58. The number of aliphatic carboxylic acids is 1. The number of hydrogen-bond acceptors (Lipinski definition) is 3. The maximum atomic E-state index is 10.4. The van der Waals surface area contributed by atoms with E-state index >= 15 is 0 Å². The summed E-state index contributed by atoms with van der Waals surface area (Å²) >= 11 is 4.77. The highest BCUT2D eigenvalue weighted by molar-refractivity contribution is 9.11. The molecule has 12 heavy (non-hydrogen) atoms. The van der Waals surface area contributed by atoms with Crippen molar-refractivity contribution in [2.45, 2.75) is 13.0 Å². The van der Waals surface area contributed by atoms with E-state index in [4.69, 9.17) is 5.11 Å². The van der Waals surface area contributed by atoms with E-state index in [0.29, 0.717) is 0 Å². The minimum absolute atomic E-state index is 0.546. The first-order chi connectivity index (χ1) is 5.59. The van der Waals surface area contributed by atoms with E-state index in [2.05, 4.69) is 21.2 Å². The van der Waals surface area contributed by atoms with Gasteiger partial charge >= 0.3 is 5.97 Å². The molecule has 0 aliphatic rings. The minimum atomic E-state index is -0.848. The van der Waals surface area contributed by atoms with Crippen LogP contribution >= 0.6 is 27.3 Å². The average molecular weight is 250 g/mol. The molecule has 0 saturated carbocycles. The summed E-state index contributed by atoms with van der Waals surface area (Å²) in [5.74, 6) is -0.848. The van der Waals surface area contributed by atoms with Gasteiger partial charge in [-0.05, 0) is 35.0 Å². The highest BCUT2D eigenvalue weighted by atomic mass is 79.9. The molecule has 0 radical (unpaired) electrons. The van der Waals surface area contributed by atoms with Crippen LogP contribution in [0.15, 0.2) is 15.9 Å². The van der Waals surface area contributed by atoms with Crippen LogP contribution in [0.5, 0.6) is 0 Å². The van der Waals surface area contributed by atoms with Gasteiger partial charge in [0.25, 0.3) is 0 Å². The highest BCUT2D eigenvalue weighted by Gasteiger charge is 2.10. The smallest absolute Gasteiger partial charge is 0.325 e. The van der Waals surface area contributed by atoms with Crippen LogP contribution in [0.4, 0.5) is 5.00 Å². The van der Waals surface area contributed by atoms with E-state index in [1.54, 1.807) is 6.92 Å². The topological polar surface area (TPSA) is 49.3 Å². The molecule has 0 saturated heterocycles.